The fourth-order valence-electron chi connectivity index (χ4n) is 5.15. The molecule has 0 radical (unpaired) electrons. The molecule has 13 nitrogen and oxygen atoms in total. The predicted molar refractivity (Wildman–Crippen MR) is 183 cm³/mol. The molecule has 1 aliphatic heterocycles. The summed E-state index contributed by atoms with van der Waals surface area (Å²) in [4.78, 5) is 58.6. The number of pyridine rings is 1. The number of sulfone groups is 1. The van der Waals surface area contributed by atoms with Crippen molar-refractivity contribution >= 4 is 56.0 Å². The highest BCUT2D eigenvalue weighted by Crippen LogP contribution is 2.25. The van der Waals surface area contributed by atoms with Crippen molar-refractivity contribution in [2.75, 3.05) is 30.2 Å². The van der Waals surface area contributed by atoms with Gasteiger partial charge in [-0.05, 0) is 44.9 Å². The van der Waals surface area contributed by atoms with Gasteiger partial charge in [0.25, 0.3) is 11.8 Å². The van der Waals surface area contributed by atoms with Gasteiger partial charge in [0.05, 0.1) is 17.7 Å². The van der Waals surface area contributed by atoms with Gasteiger partial charge >= 0.3 is 0 Å². The topological polar surface area (TPSA) is 184 Å². The van der Waals surface area contributed by atoms with Gasteiger partial charge in [0, 0.05) is 40.7 Å². The van der Waals surface area contributed by atoms with Gasteiger partial charge in [-0.3, -0.25) is 24.2 Å². The maximum absolute atomic E-state index is 13.7. The number of thioether (sulfide) groups is 1. The van der Waals surface area contributed by atoms with Crippen LogP contribution < -0.4 is 20.7 Å². The van der Waals surface area contributed by atoms with Gasteiger partial charge in [-0.2, -0.15) is 0 Å². The molecule has 1 aliphatic rings. The number of carbonyl (C=O) groups is 4. The molecule has 0 spiro atoms. The average Bonchev–Trinajstić information content (AvgIpc) is 3.52. The SMILES string of the molecule is CC(C)(C)NC(=O)[C@@H]1CSCN1C(=O)[C@@H](O)[C@H](Cc1ccccc1)NC(=O)[C@H](CS(C)(=O)=O)NC(=O)COc1cccc2cnccc12. The first-order chi connectivity index (χ1) is 22.6. The number of nitrogens with one attached hydrogen (secondary N) is 3. The number of carbonyl (C=O) groups excluding carboxylic acids is 4. The smallest absolute Gasteiger partial charge is 0.258 e. The monoisotopic (exact) mass is 699 g/mol. The maximum atomic E-state index is 13.7. The molecule has 2 aromatic carbocycles. The molecule has 1 saturated heterocycles. The third-order valence-corrected chi connectivity index (χ3v) is 9.30. The second-order valence-electron chi connectivity index (χ2n) is 12.7. The first-order valence-electron chi connectivity index (χ1n) is 15.3. The number of hydrogen-bond donors (Lipinski definition) is 4. The van der Waals surface area contributed by atoms with Crippen LogP contribution in [0.1, 0.15) is 26.3 Å². The van der Waals surface area contributed by atoms with E-state index in [4.69, 9.17) is 4.74 Å². The lowest BCUT2D eigenvalue weighted by Crippen LogP contribution is -2.60. The fourth-order valence-corrected chi connectivity index (χ4v) is 7.15. The number of aliphatic hydroxyl groups is 1. The number of nitrogens with zero attached hydrogens (tertiary/aromatic N) is 2. The Hall–Kier alpha value is -4.21. The minimum absolute atomic E-state index is 0.00207. The molecule has 0 aliphatic carbocycles. The Morgan fingerprint density at radius 3 is 2.48 bits per heavy atom. The lowest BCUT2D eigenvalue weighted by atomic mass is 9.99. The Kier molecular flexibility index (Phi) is 12.0. The molecule has 3 aromatic rings. The van der Waals surface area contributed by atoms with E-state index in [9.17, 15) is 32.7 Å². The third kappa shape index (κ3) is 10.4. The van der Waals surface area contributed by atoms with Crippen LogP contribution in [0.25, 0.3) is 10.8 Å². The molecule has 4 amide bonds. The number of hydrogen-bond acceptors (Lipinski definition) is 10. The summed E-state index contributed by atoms with van der Waals surface area (Å²) in [6.07, 6.45) is 2.35. The van der Waals surface area contributed by atoms with E-state index in [2.05, 4.69) is 20.9 Å². The summed E-state index contributed by atoms with van der Waals surface area (Å²) in [5, 5.41) is 20.8. The highest BCUT2D eigenvalue weighted by molar-refractivity contribution is 7.99. The van der Waals surface area contributed by atoms with Crippen LogP contribution in [0.15, 0.2) is 67.0 Å². The van der Waals surface area contributed by atoms with Crippen molar-refractivity contribution in [3.63, 3.8) is 0 Å². The Balaban J connectivity index is 1.51. The van der Waals surface area contributed by atoms with Crippen molar-refractivity contribution in [3.05, 3.63) is 72.6 Å². The normalized spacial score (nSPS) is 16.9. The van der Waals surface area contributed by atoms with Gasteiger partial charge in [0.2, 0.25) is 11.8 Å². The highest BCUT2D eigenvalue weighted by atomic mass is 32.2. The zero-order chi connectivity index (χ0) is 35.1. The lowest BCUT2D eigenvalue weighted by Gasteiger charge is -2.32. The van der Waals surface area contributed by atoms with Crippen LogP contribution in [0.5, 0.6) is 5.75 Å². The number of amides is 4. The summed E-state index contributed by atoms with van der Waals surface area (Å²) >= 11 is 1.36. The first-order valence-corrected chi connectivity index (χ1v) is 18.5. The van der Waals surface area contributed by atoms with Crippen LogP contribution >= 0.6 is 11.8 Å². The standard InChI is InChI=1S/C33H41N5O8S2/c1-33(2,3)37-31(42)26-18-47-20-38(26)32(43)29(40)24(15-21-9-6-5-7-10-21)36-30(41)25(19-48(4,44)45)35-28(39)17-46-27-12-8-11-22-16-34-14-13-23(22)27/h5-14,16,24-26,29,40H,15,17-20H2,1-4H3,(H,35,39)(H,36,41)(H,37,42)/t24-,25-,26-,29-/m0/s1. The zero-order valence-corrected chi connectivity index (χ0v) is 28.8. The van der Waals surface area contributed by atoms with Gasteiger partial charge in [-0.25, -0.2) is 8.42 Å². The molecule has 4 rings (SSSR count). The van der Waals surface area contributed by atoms with Crippen LogP contribution in [0.3, 0.4) is 0 Å². The second kappa shape index (κ2) is 15.8. The molecule has 0 bridgehead atoms. The molecule has 48 heavy (non-hydrogen) atoms. The first kappa shape index (κ1) is 36.6. The Morgan fingerprint density at radius 1 is 1.06 bits per heavy atom. The second-order valence-corrected chi connectivity index (χ2v) is 15.9. The van der Waals surface area contributed by atoms with E-state index in [0.29, 0.717) is 22.5 Å². The average molecular weight is 700 g/mol. The molecule has 15 heteroatoms. The molecule has 1 aromatic heterocycles. The maximum Gasteiger partial charge on any atom is 0.258 e. The van der Waals surface area contributed by atoms with E-state index < -0.39 is 69.7 Å². The number of rotatable bonds is 13. The van der Waals surface area contributed by atoms with Gasteiger partial charge in [0.15, 0.2) is 12.7 Å². The number of aliphatic hydroxyl groups excluding tert-OH is 1. The fraction of sp³-hybridized carbons (Fsp3) is 0.424. The summed E-state index contributed by atoms with van der Waals surface area (Å²) in [6.45, 7) is 4.93. The van der Waals surface area contributed by atoms with Crippen LogP contribution in [-0.2, 0) is 35.4 Å². The van der Waals surface area contributed by atoms with Crippen molar-refractivity contribution in [2.24, 2.45) is 0 Å². The van der Waals surface area contributed by atoms with Crippen LogP contribution in [0.2, 0.25) is 0 Å². The molecule has 258 valence electrons. The van der Waals surface area contributed by atoms with E-state index in [0.717, 1.165) is 11.6 Å². The van der Waals surface area contributed by atoms with Gasteiger partial charge in [-0.1, -0.05) is 42.5 Å². The van der Waals surface area contributed by atoms with Crippen molar-refractivity contribution in [2.45, 2.75) is 57.0 Å². The molecule has 4 atom stereocenters. The molecule has 1 fully saturated rings. The summed E-state index contributed by atoms with van der Waals surface area (Å²) < 4.78 is 30.3. The predicted octanol–water partition coefficient (Wildman–Crippen LogP) is 1.05. The van der Waals surface area contributed by atoms with Crippen LogP contribution in [0, 0.1) is 0 Å². The van der Waals surface area contributed by atoms with Crippen molar-refractivity contribution in [1.82, 2.24) is 25.8 Å². The molecular weight excluding hydrogens is 659 g/mol. The highest BCUT2D eigenvalue weighted by Gasteiger charge is 2.41. The summed E-state index contributed by atoms with van der Waals surface area (Å²) in [5.74, 6) is -2.68. The number of ether oxygens (including phenoxy) is 1. The third-order valence-electron chi connectivity index (χ3n) is 7.35. The van der Waals surface area contributed by atoms with E-state index in [1.807, 2.05) is 26.8 Å². The van der Waals surface area contributed by atoms with E-state index in [-0.39, 0.29) is 18.2 Å². The van der Waals surface area contributed by atoms with Crippen molar-refractivity contribution < 1.29 is 37.4 Å². The zero-order valence-electron chi connectivity index (χ0n) is 27.2. The number of aromatic nitrogens is 1. The van der Waals surface area contributed by atoms with E-state index in [1.165, 1.54) is 16.7 Å². The molecule has 4 N–H and O–H groups in total. The molecular formula is C33H41N5O8S2. The number of benzene rings is 2. The summed E-state index contributed by atoms with van der Waals surface area (Å²) in [5.41, 5.74) is 0.132. The largest absolute Gasteiger partial charge is 0.483 e. The summed E-state index contributed by atoms with van der Waals surface area (Å²) in [7, 11) is -3.79. The van der Waals surface area contributed by atoms with Crippen molar-refractivity contribution in [3.8, 4) is 5.75 Å². The van der Waals surface area contributed by atoms with Gasteiger partial charge in [-0.15, -0.1) is 11.8 Å². The van der Waals surface area contributed by atoms with Gasteiger partial charge < -0.3 is 30.7 Å². The van der Waals surface area contributed by atoms with Crippen LogP contribution in [-0.4, -0.2) is 107 Å². The molecule has 0 unspecified atom stereocenters. The Labute approximate surface area is 284 Å². The van der Waals surface area contributed by atoms with E-state index >= 15 is 0 Å². The van der Waals surface area contributed by atoms with Gasteiger partial charge in [0.1, 0.15) is 27.7 Å². The summed E-state index contributed by atoms with van der Waals surface area (Å²) in [6, 6.07) is 12.1. The Morgan fingerprint density at radius 2 is 1.79 bits per heavy atom. The quantitative estimate of drug-likeness (QED) is 0.201. The molecule has 2 heterocycles. The van der Waals surface area contributed by atoms with Crippen molar-refractivity contribution in [1.29, 1.82) is 0 Å². The minimum atomic E-state index is -3.79. The van der Waals surface area contributed by atoms with E-state index in [1.54, 1.807) is 60.9 Å². The van der Waals surface area contributed by atoms with Crippen LogP contribution in [0.4, 0.5) is 0 Å². The lowest BCUT2D eigenvalue weighted by molar-refractivity contribution is -0.147. The Bertz CT molecular complexity index is 1730. The minimum Gasteiger partial charge on any atom is -0.483 e. The molecule has 0 saturated carbocycles. The number of fused-ring (bicyclic) bond motifs is 1.